The number of aryl methyl sites for hydroxylation is 1. The van der Waals surface area contributed by atoms with Gasteiger partial charge in [-0.25, -0.2) is 4.98 Å². The number of thiophene rings is 1. The summed E-state index contributed by atoms with van der Waals surface area (Å²) in [7, 11) is 0. The fourth-order valence-electron chi connectivity index (χ4n) is 2.48. The van der Waals surface area contributed by atoms with E-state index in [9.17, 15) is 4.79 Å². The van der Waals surface area contributed by atoms with Gasteiger partial charge in [0, 0.05) is 11.3 Å². The molecule has 0 fully saturated rings. The molecule has 24 heavy (non-hydrogen) atoms. The first-order valence-electron chi connectivity index (χ1n) is 7.52. The Balaban J connectivity index is 1.69. The number of benzene rings is 2. The molecule has 5 heteroatoms. The number of fused-ring (bicyclic) bond motifs is 1. The molecule has 0 saturated carbocycles. The number of carbonyl (C=O) groups is 1. The van der Waals surface area contributed by atoms with Crippen molar-refractivity contribution in [2.24, 2.45) is 0 Å². The fraction of sp³-hybridized carbons (Fsp3) is 0.0526. The number of aromatic nitrogens is 1. The first-order valence-corrected chi connectivity index (χ1v) is 9.22. The van der Waals surface area contributed by atoms with Crippen molar-refractivity contribution in [3.8, 4) is 10.6 Å². The van der Waals surface area contributed by atoms with Crippen molar-refractivity contribution in [2.75, 3.05) is 5.32 Å². The molecule has 118 valence electrons. The minimum atomic E-state index is -0.0745. The summed E-state index contributed by atoms with van der Waals surface area (Å²) in [6, 6.07) is 17.9. The largest absolute Gasteiger partial charge is 0.321 e. The number of thiazole rings is 1. The second-order valence-corrected chi connectivity index (χ2v) is 7.43. The van der Waals surface area contributed by atoms with Crippen LogP contribution in [0.5, 0.6) is 0 Å². The molecule has 0 radical (unpaired) electrons. The third-order valence-corrected chi connectivity index (χ3v) is 5.73. The standard InChI is InChI=1S/C19H14N2OS2/c1-12-8-9-13(19-21-14-5-2-3-6-16(14)24-19)11-15(12)20-18(22)17-7-4-10-23-17/h2-11H,1H3,(H,20,22). The second-order valence-electron chi connectivity index (χ2n) is 5.45. The average Bonchev–Trinajstić information content (AvgIpc) is 3.26. The smallest absolute Gasteiger partial charge is 0.265 e. The van der Waals surface area contributed by atoms with Gasteiger partial charge >= 0.3 is 0 Å². The van der Waals surface area contributed by atoms with Crippen molar-refractivity contribution in [3.63, 3.8) is 0 Å². The molecule has 0 atom stereocenters. The molecule has 1 amide bonds. The SMILES string of the molecule is Cc1ccc(-c2nc3ccccc3s2)cc1NC(=O)c1cccs1. The Bertz CT molecular complexity index is 986. The second kappa shape index (κ2) is 6.19. The molecule has 0 aliphatic rings. The molecule has 2 aromatic heterocycles. The topological polar surface area (TPSA) is 42.0 Å². The molecule has 3 nitrogen and oxygen atoms in total. The summed E-state index contributed by atoms with van der Waals surface area (Å²) in [4.78, 5) is 17.7. The predicted octanol–water partition coefficient (Wildman–Crippen LogP) is 5.59. The molecular weight excluding hydrogens is 336 g/mol. The third-order valence-electron chi connectivity index (χ3n) is 3.77. The van der Waals surface area contributed by atoms with E-state index in [0.717, 1.165) is 32.0 Å². The van der Waals surface area contributed by atoms with E-state index in [1.807, 2.05) is 60.8 Å². The lowest BCUT2D eigenvalue weighted by molar-refractivity contribution is 0.103. The van der Waals surface area contributed by atoms with Gasteiger partial charge in [-0.05, 0) is 42.1 Å². The molecule has 0 unspecified atom stereocenters. The van der Waals surface area contributed by atoms with Crippen molar-refractivity contribution in [1.29, 1.82) is 0 Å². The zero-order valence-electron chi connectivity index (χ0n) is 12.9. The molecule has 4 aromatic rings. The number of para-hydroxylation sites is 1. The van der Waals surface area contributed by atoms with Crippen LogP contribution in [0.2, 0.25) is 0 Å². The number of nitrogens with one attached hydrogen (secondary N) is 1. The lowest BCUT2D eigenvalue weighted by atomic mass is 10.1. The lowest BCUT2D eigenvalue weighted by Gasteiger charge is -2.09. The van der Waals surface area contributed by atoms with Gasteiger partial charge in [0.15, 0.2) is 0 Å². The van der Waals surface area contributed by atoms with Crippen LogP contribution >= 0.6 is 22.7 Å². The van der Waals surface area contributed by atoms with Crippen LogP contribution in [0.4, 0.5) is 5.69 Å². The van der Waals surface area contributed by atoms with Crippen molar-refractivity contribution < 1.29 is 4.79 Å². The van der Waals surface area contributed by atoms with E-state index in [1.54, 1.807) is 11.3 Å². The molecule has 1 N–H and O–H groups in total. The number of carbonyl (C=O) groups excluding carboxylic acids is 1. The Hall–Kier alpha value is -2.50. The van der Waals surface area contributed by atoms with E-state index in [-0.39, 0.29) is 5.91 Å². The van der Waals surface area contributed by atoms with Crippen LogP contribution in [0.25, 0.3) is 20.8 Å². The molecule has 0 aliphatic carbocycles. The van der Waals surface area contributed by atoms with E-state index in [4.69, 9.17) is 4.98 Å². The van der Waals surface area contributed by atoms with Gasteiger partial charge < -0.3 is 5.32 Å². The van der Waals surface area contributed by atoms with Gasteiger partial charge in [-0.3, -0.25) is 4.79 Å². The highest BCUT2D eigenvalue weighted by Crippen LogP contribution is 2.32. The summed E-state index contributed by atoms with van der Waals surface area (Å²) < 4.78 is 1.16. The van der Waals surface area contributed by atoms with Crippen LogP contribution in [0.1, 0.15) is 15.2 Å². The molecule has 0 saturated heterocycles. The molecular formula is C19H14N2OS2. The molecule has 0 aliphatic heterocycles. The fourth-order valence-corrected chi connectivity index (χ4v) is 4.06. The van der Waals surface area contributed by atoms with Crippen LogP contribution in [-0.4, -0.2) is 10.9 Å². The van der Waals surface area contributed by atoms with E-state index >= 15 is 0 Å². The summed E-state index contributed by atoms with van der Waals surface area (Å²) >= 11 is 3.10. The summed E-state index contributed by atoms with van der Waals surface area (Å²) in [6.45, 7) is 1.99. The highest BCUT2D eigenvalue weighted by atomic mass is 32.1. The van der Waals surface area contributed by atoms with Crippen molar-refractivity contribution in [1.82, 2.24) is 4.98 Å². The number of amides is 1. The molecule has 4 rings (SSSR count). The van der Waals surface area contributed by atoms with Gasteiger partial charge in [0.05, 0.1) is 15.1 Å². The lowest BCUT2D eigenvalue weighted by Crippen LogP contribution is -2.11. The minimum Gasteiger partial charge on any atom is -0.321 e. The zero-order valence-corrected chi connectivity index (χ0v) is 14.6. The Kier molecular flexibility index (Phi) is 3.88. The quantitative estimate of drug-likeness (QED) is 0.523. The van der Waals surface area contributed by atoms with Crippen LogP contribution in [0, 0.1) is 6.92 Å². The van der Waals surface area contributed by atoms with Crippen molar-refractivity contribution in [3.05, 3.63) is 70.4 Å². The molecule has 2 heterocycles. The highest BCUT2D eigenvalue weighted by Gasteiger charge is 2.11. The number of hydrogen-bond acceptors (Lipinski definition) is 4. The summed E-state index contributed by atoms with van der Waals surface area (Å²) in [5, 5.41) is 5.87. The zero-order chi connectivity index (χ0) is 16.5. The average molecular weight is 350 g/mol. The number of rotatable bonds is 3. The maximum absolute atomic E-state index is 12.3. The van der Waals surface area contributed by atoms with Crippen molar-refractivity contribution in [2.45, 2.75) is 6.92 Å². The van der Waals surface area contributed by atoms with Crippen molar-refractivity contribution >= 4 is 44.5 Å². The Morgan fingerprint density at radius 1 is 1.08 bits per heavy atom. The van der Waals surface area contributed by atoms with Gasteiger partial charge in [0.2, 0.25) is 0 Å². The van der Waals surface area contributed by atoms with Crippen LogP contribution < -0.4 is 5.32 Å². The maximum Gasteiger partial charge on any atom is 0.265 e. The molecule has 0 bridgehead atoms. The Labute approximate surface area is 147 Å². The third kappa shape index (κ3) is 2.84. The van der Waals surface area contributed by atoms with Gasteiger partial charge in [0.1, 0.15) is 5.01 Å². The van der Waals surface area contributed by atoms with Crippen LogP contribution in [0.3, 0.4) is 0 Å². The number of anilines is 1. The number of nitrogens with zero attached hydrogens (tertiary/aromatic N) is 1. The van der Waals surface area contributed by atoms with Gasteiger partial charge in [0.25, 0.3) is 5.91 Å². The molecule has 0 spiro atoms. The van der Waals surface area contributed by atoms with Crippen LogP contribution in [-0.2, 0) is 0 Å². The van der Waals surface area contributed by atoms with E-state index in [2.05, 4.69) is 11.4 Å². The summed E-state index contributed by atoms with van der Waals surface area (Å²) in [5.41, 5.74) is 3.88. The summed E-state index contributed by atoms with van der Waals surface area (Å²) in [5.74, 6) is -0.0745. The number of hydrogen-bond donors (Lipinski definition) is 1. The van der Waals surface area contributed by atoms with Gasteiger partial charge in [-0.2, -0.15) is 0 Å². The van der Waals surface area contributed by atoms with Gasteiger partial charge in [-0.1, -0.05) is 30.3 Å². The maximum atomic E-state index is 12.3. The van der Waals surface area contributed by atoms with Gasteiger partial charge in [-0.15, -0.1) is 22.7 Å². The van der Waals surface area contributed by atoms with Crippen LogP contribution in [0.15, 0.2) is 60.0 Å². The summed E-state index contributed by atoms with van der Waals surface area (Å²) in [6.07, 6.45) is 0. The first-order chi connectivity index (χ1) is 11.7. The Morgan fingerprint density at radius 3 is 2.75 bits per heavy atom. The monoisotopic (exact) mass is 350 g/mol. The van der Waals surface area contributed by atoms with E-state index in [1.165, 1.54) is 11.3 Å². The highest BCUT2D eigenvalue weighted by molar-refractivity contribution is 7.21. The Morgan fingerprint density at radius 2 is 1.96 bits per heavy atom. The molecule has 2 aromatic carbocycles. The van der Waals surface area contributed by atoms with E-state index in [0.29, 0.717) is 4.88 Å². The first kappa shape index (κ1) is 15.1. The minimum absolute atomic E-state index is 0.0745. The predicted molar refractivity (Wildman–Crippen MR) is 102 cm³/mol. The van der Waals surface area contributed by atoms with E-state index < -0.39 is 0 Å². The normalized spacial score (nSPS) is 10.9.